The fourth-order valence-corrected chi connectivity index (χ4v) is 2.39. The molecule has 0 aliphatic carbocycles. The standard InChI is InChI=1S/C17H22N4O3.HI/c1-18-17(21-11-14-3-2-7-23-14)20-10-13-4-6-19-16(9-13)24-15-5-8-22-12-15;/h2-4,6-7,9,15H,5,8,10-12H2,1H3,(H2,18,20,21);1H. The number of furan rings is 1. The Hall–Kier alpha value is -1.81. The van der Waals surface area contributed by atoms with Crippen molar-refractivity contribution in [3.8, 4) is 5.88 Å². The monoisotopic (exact) mass is 458 g/mol. The molecule has 136 valence electrons. The van der Waals surface area contributed by atoms with Gasteiger partial charge in [-0.25, -0.2) is 4.98 Å². The van der Waals surface area contributed by atoms with Crippen LogP contribution in [0.25, 0.3) is 0 Å². The van der Waals surface area contributed by atoms with E-state index in [-0.39, 0.29) is 30.1 Å². The van der Waals surface area contributed by atoms with Gasteiger partial charge in [0.25, 0.3) is 0 Å². The molecule has 0 bridgehead atoms. The number of rotatable bonds is 6. The van der Waals surface area contributed by atoms with Crippen molar-refractivity contribution in [1.29, 1.82) is 0 Å². The average molecular weight is 458 g/mol. The van der Waals surface area contributed by atoms with Crippen LogP contribution in [0.1, 0.15) is 17.7 Å². The molecule has 3 heterocycles. The molecule has 7 nitrogen and oxygen atoms in total. The molecule has 2 N–H and O–H groups in total. The molecule has 1 atom stereocenters. The van der Waals surface area contributed by atoms with E-state index < -0.39 is 0 Å². The second-order valence-electron chi connectivity index (χ2n) is 5.46. The molecule has 1 aliphatic heterocycles. The van der Waals surface area contributed by atoms with Gasteiger partial charge in [-0.1, -0.05) is 0 Å². The summed E-state index contributed by atoms with van der Waals surface area (Å²) in [6, 6.07) is 7.66. The van der Waals surface area contributed by atoms with Gasteiger partial charge in [-0.2, -0.15) is 0 Å². The van der Waals surface area contributed by atoms with E-state index >= 15 is 0 Å². The number of hydrogen-bond donors (Lipinski definition) is 2. The number of aliphatic imine (C=N–C) groups is 1. The van der Waals surface area contributed by atoms with Crippen LogP contribution in [0.3, 0.4) is 0 Å². The minimum absolute atomic E-state index is 0. The lowest BCUT2D eigenvalue weighted by molar-refractivity contribution is 0.138. The van der Waals surface area contributed by atoms with E-state index in [0.29, 0.717) is 31.5 Å². The molecule has 0 radical (unpaired) electrons. The van der Waals surface area contributed by atoms with E-state index in [1.165, 1.54) is 0 Å². The van der Waals surface area contributed by atoms with E-state index in [0.717, 1.165) is 24.4 Å². The molecule has 3 rings (SSSR count). The summed E-state index contributed by atoms with van der Waals surface area (Å²) in [6.45, 7) is 2.59. The zero-order valence-electron chi connectivity index (χ0n) is 14.1. The minimum Gasteiger partial charge on any atom is -0.472 e. The molecule has 1 saturated heterocycles. The van der Waals surface area contributed by atoms with E-state index in [2.05, 4.69) is 20.6 Å². The summed E-state index contributed by atoms with van der Waals surface area (Å²) in [5.74, 6) is 2.19. The number of halogens is 1. The van der Waals surface area contributed by atoms with Gasteiger partial charge in [0.2, 0.25) is 5.88 Å². The van der Waals surface area contributed by atoms with Crippen LogP contribution in [0, 0.1) is 0 Å². The highest BCUT2D eigenvalue weighted by Gasteiger charge is 2.17. The highest BCUT2D eigenvalue weighted by Crippen LogP contribution is 2.15. The smallest absolute Gasteiger partial charge is 0.213 e. The molecule has 0 spiro atoms. The van der Waals surface area contributed by atoms with Crippen LogP contribution in [-0.2, 0) is 17.8 Å². The lowest BCUT2D eigenvalue weighted by Crippen LogP contribution is -2.36. The summed E-state index contributed by atoms with van der Waals surface area (Å²) in [7, 11) is 1.73. The van der Waals surface area contributed by atoms with Crippen molar-refractivity contribution < 1.29 is 13.9 Å². The molecular weight excluding hydrogens is 435 g/mol. The summed E-state index contributed by atoms with van der Waals surface area (Å²) in [5, 5.41) is 6.46. The van der Waals surface area contributed by atoms with Gasteiger partial charge < -0.3 is 24.5 Å². The first kappa shape index (κ1) is 19.5. The lowest BCUT2D eigenvalue weighted by Gasteiger charge is -2.13. The third-order valence-corrected chi connectivity index (χ3v) is 3.67. The van der Waals surface area contributed by atoms with Gasteiger partial charge >= 0.3 is 0 Å². The zero-order chi connectivity index (χ0) is 16.6. The summed E-state index contributed by atoms with van der Waals surface area (Å²) in [5.41, 5.74) is 1.07. The zero-order valence-corrected chi connectivity index (χ0v) is 16.4. The first-order chi connectivity index (χ1) is 11.8. The van der Waals surface area contributed by atoms with Crippen molar-refractivity contribution in [3.05, 3.63) is 48.0 Å². The molecule has 1 unspecified atom stereocenters. The van der Waals surface area contributed by atoms with Crippen molar-refractivity contribution in [2.24, 2.45) is 4.99 Å². The Balaban J connectivity index is 0.00000225. The maximum Gasteiger partial charge on any atom is 0.213 e. The molecule has 0 saturated carbocycles. The van der Waals surface area contributed by atoms with Crippen molar-refractivity contribution in [3.63, 3.8) is 0 Å². The molecule has 1 fully saturated rings. The molecule has 8 heteroatoms. The Morgan fingerprint density at radius 2 is 2.24 bits per heavy atom. The number of pyridine rings is 1. The average Bonchev–Trinajstić information content (AvgIpc) is 3.29. The Kier molecular flexibility index (Phi) is 7.99. The van der Waals surface area contributed by atoms with Crippen LogP contribution in [-0.4, -0.2) is 37.3 Å². The molecule has 0 aromatic carbocycles. The van der Waals surface area contributed by atoms with Crippen LogP contribution >= 0.6 is 24.0 Å². The van der Waals surface area contributed by atoms with Gasteiger partial charge in [-0.05, 0) is 23.8 Å². The van der Waals surface area contributed by atoms with Gasteiger partial charge in [0.15, 0.2) is 5.96 Å². The number of nitrogens with zero attached hydrogens (tertiary/aromatic N) is 2. The van der Waals surface area contributed by atoms with E-state index in [4.69, 9.17) is 13.9 Å². The number of aromatic nitrogens is 1. The minimum atomic E-state index is 0. The molecule has 25 heavy (non-hydrogen) atoms. The summed E-state index contributed by atoms with van der Waals surface area (Å²) >= 11 is 0. The third kappa shape index (κ3) is 6.20. The van der Waals surface area contributed by atoms with Crippen molar-refractivity contribution in [1.82, 2.24) is 15.6 Å². The second-order valence-corrected chi connectivity index (χ2v) is 5.46. The molecular formula is C17H23IN4O3. The van der Waals surface area contributed by atoms with Gasteiger partial charge in [0, 0.05) is 32.3 Å². The Labute approximate surface area is 164 Å². The van der Waals surface area contributed by atoms with Crippen LogP contribution in [0.5, 0.6) is 5.88 Å². The maximum absolute atomic E-state index is 5.82. The van der Waals surface area contributed by atoms with Crippen LogP contribution < -0.4 is 15.4 Å². The van der Waals surface area contributed by atoms with Crippen molar-refractivity contribution >= 4 is 29.9 Å². The predicted molar refractivity (Wildman–Crippen MR) is 105 cm³/mol. The summed E-state index contributed by atoms with van der Waals surface area (Å²) < 4.78 is 16.4. The lowest BCUT2D eigenvalue weighted by atomic mass is 10.2. The second kappa shape index (κ2) is 10.2. The number of guanidine groups is 1. The molecule has 0 amide bonds. The third-order valence-electron chi connectivity index (χ3n) is 3.67. The first-order valence-electron chi connectivity index (χ1n) is 8.00. The number of ether oxygens (including phenoxy) is 2. The van der Waals surface area contributed by atoms with Crippen molar-refractivity contribution in [2.45, 2.75) is 25.6 Å². The summed E-state index contributed by atoms with van der Waals surface area (Å²) in [4.78, 5) is 8.45. The number of hydrogen-bond acceptors (Lipinski definition) is 5. The Bertz CT molecular complexity index is 658. The highest BCUT2D eigenvalue weighted by atomic mass is 127. The largest absolute Gasteiger partial charge is 0.472 e. The number of nitrogens with one attached hydrogen (secondary N) is 2. The van der Waals surface area contributed by atoms with Gasteiger partial charge in [-0.3, -0.25) is 4.99 Å². The van der Waals surface area contributed by atoms with E-state index in [1.807, 2.05) is 24.3 Å². The van der Waals surface area contributed by atoms with Gasteiger partial charge in [0.1, 0.15) is 11.9 Å². The highest BCUT2D eigenvalue weighted by molar-refractivity contribution is 14.0. The predicted octanol–water partition coefficient (Wildman–Crippen LogP) is 2.33. The molecule has 2 aromatic heterocycles. The Morgan fingerprint density at radius 3 is 2.96 bits per heavy atom. The fourth-order valence-electron chi connectivity index (χ4n) is 2.39. The van der Waals surface area contributed by atoms with Crippen LogP contribution in [0.4, 0.5) is 0 Å². The topological polar surface area (TPSA) is 80.9 Å². The first-order valence-corrected chi connectivity index (χ1v) is 8.00. The normalized spacial score (nSPS) is 17.0. The Morgan fingerprint density at radius 1 is 1.36 bits per heavy atom. The molecule has 2 aromatic rings. The SMILES string of the molecule is CN=C(NCc1ccnc(OC2CCOC2)c1)NCc1ccco1.I. The van der Waals surface area contributed by atoms with E-state index in [9.17, 15) is 0 Å². The quantitative estimate of drug-likeness (QED) is 0.393. The fraction of sp³-hybridized carbons (Fsp3) is 0.412. The molecule has 1 aliphatic rings. The van der Waals surface area contributed by atoms with E-state index in [1.54, 1.807) is 19.5 Å². The van der Waals surface area contributed by atoms with Crippen LogP contribution in [0.15, 0.2) is 46.1 Å². The van der Waals surface area contributed by atoms with Crippen LogP contribution in [0.2, 0.25) is 0 Å². The van der Waals surface area contributed by atoms with Gasteiger partial charge in [0.05, 0.1) is 26.0 Å². The maximum atomic E-state index is 5.82. The van der Waals surface area contributed by atoms with Gasteiger partial charge in [-0.15, -0.1) is 24.0 Å². The van der Waals surface area contributed by atoms with Crippen molar-refractivity contribution in [2.75, 3.05) is 20.3 Å². The summed E-state index contributed by atoms with van der Waals surface area (Å²) in [6.07, 6.45) is 4.42.